The number of ether oxygens (including phenoxy) is 3. The summed E-state index contributed by atoms with van der Waals surface area (Å²) in [4.78, 5) is 31.8. The Hall–Kier alpha value is -3.65. The van der Waals surface area contributed by atoms with Gasteiger partial charge in [0.05, 0.1) is 42.7 Å². The minimum atomic E-state index is -0.634. The summed E-state index contributed by atoms with van der Waals surface area (Å²) in [5.41, 5.74) is 3.27. The highest BCUT2D eigenvalue weighted by molar-refractivity contribution is 7.07. The Labute approximate surface area is 201 Å². The molecule has 2 aromatic carbocycles. The SMILES string of the molecule is CCOC(=O)C1=C(C)N=c2s/c(=C/c3cccc(OC)c3OC)c(=O)n2[C@H]1c1ccc(C)cc1. The van der Waals surface area contributed by atoms with Gasteiger partial charge in [-0.05, 0) is 38.5 Å². The van der Waals surface area contributed by atoms with E-state index >= 15 is 0 Å². The molecule has 0 unspecified atom stereocenters. The quantitative estimate of drug-likeness (QED) is 0.509. The lowest BCUT2D eigenvalue weighted by Crippen LogP contribution is -2.39. The molecule has 0 fully saturated rings. The van der Waals surface area contributed by atoms with Gasteiger partial charge in [-0.1, -0.05) is 53.3 Å². The monoisotopic (exact) mass is 478 g/mol. The number of thiazole rings is 1. The number of nitrogens with zero attached hydrogens (tertiary/aromatic N) is 2. The lowest BCUT2D eigenvalue weighted by molar-refractivity contribution is -0.139. The number of esters is 1. The van der Waals surface area contributed by atoms with E-state index in [1.54, 1.807) is 44.8 Å². The topological polar surface area (TPSA) is 79.1 Å². The third-order valence-corrected chi connectivity index (χ3v) is 6.61. The number of benzene rings is 2. The third kappa shape index (κ3) is 4.17. The van der Waals surface area contributed by atoms with Gasteiger partial charge in [0.25, 0.3) is 5.56 Å². The minimum absolute atomic E-state index is 0.232. The number of hydrogen-bond acceptors (Lipinski definition) is 7. The number of aryl methyl sites for hydroxylation is 1. The fraction of sp³-hybridized carbons (Fsp3) is 0.269. The zero-order chi connectivity index (χ0) is 24.4. The summed E-state index contributed by atoms with van der Waals surface area (Å²) in [6, 6.07) is 12.6. The van der Waals surface area contributed by atoms with Crippen LogP contribution in [0.2, 0.25) is 0 Å². The standard InChI is InChI=1S/C26H26N2O5S/c1-6-33-25(30)21-16(3)27-26-28(22(21)17-12-10-15(2)11-13-17)24(29)20(34-26)14-18-8-7-9-19(31-4)23(18)32-5/h7-14,22H,6H2,1-5H3/b20-14+/t22-/m0/s1. The number of aromatic nitrogens is 1. The molecule has 0 saturated carbocycles. The lowest BCUT2D eigenvalue weighted by atomic mass is 9.95. The molecular formula is C26H26N2O5S. The van der Waals surface area contributed by atoms with Crippen molar-refractivity contribution >= 4 is 23.4 Å². The van der Waals surface area contributed by atoms with Crippen molar-refractivity contribution in [3.63, 3.8) is 0 Å². The molecule has 0 N–H and O–H groups in total. The van der Waals surface area contributed by atoms with Crippen molar-refractivity contribution in [2.75, 3.05) is 20.8 Å². The van der Waals surface area contributed by atoms with Gasteiger partial charge in [0, 0.05) is 5.56 Å². The van der Waals surface area contributed by atoms with Gasteiger partial charge in [-0.3, -0.25) is 9.36 Å². The van der Waals surface area contributed by atoms with Crippen LogP contribution in [-0.2, 0) is 9.53 Å². The molecule has 176 valence electrons. The van der Waals surface area contributed by atoms with E-state index in [4.69, 9.17) is 14.2 Å². The maximum Gasteiger partial charge on any atom is 0.338 e. The maximum absolute atomic E-state index is 13.7. The average molecular weight is 479 g/mol. The first-order valence-electron chi connectivity index (χ1n) is 10.9. The van der Waals surface area contributed by atoms with Crippen molar-refractivity contribution in [2.24, 2.45) is 4.99 Å². The summed E-state index contributed by atoms with van der Waals surface area (Å²) in [5, 5.41) is 0. The van der Waals surface area contributed by atoms with Crippen LogP contribution in [0.15, 0.2) is 63.5 Å². The van der Waals surface area contributed by atoms with Gasteiger partial charge in [0.2, 0.25) is 0 Å². The highest BCUT2D eigenvalue weighted by Gasteiger charge is 2.33. The van der Waals surface area contributed by atoms with Crippen LogP contribution >= 0.6 is 11.3 Å². The first-order chi connectivity index (χ1) is 16.4. The van der Waals surface area contributed by atoms with Gasteiger partial charge >= 0.3 is 5.97 Å². The van der Waals surface area contributed by atoms with Crippen LogP contribution in [0, 0.1) is 6.92 Å². The molecule has 34 heavy (non-hydrogen) atoms. The van der Waals surface area contributed by atoms with Crippen LogP contribution in [0.1, 0.15) is 36.6 Å². The van der Waals surface area contributed by atoms with Crippen LogP contribution in [0.5, 0.6) is 11.5 Å². The Bertz CT molecular complexity index is 1450. The lowest BCUT2D eigenvalue weighted by Gasteiger charge is -2.24. The minimum Gasteiger partial charge on any atom is -0.493 e. The molecule has 3 aromatic rings. The average Bonchev–Trinajstić information content (AvgIpc) is 3.13. The van der Waals surface area contributed by atoms with Crippen molar-refractivity contribution < 1.29 is 19.0 Å². The maximum atomic E-state index is 13.7. The van der Waals surface area contributed by atoms with E-state index in [0.717, 1.165) is 11.1 Å². The van der Waals surface area contributed by atoms with Crippen LogP contribution in [0.4, 0.5) is 0 Å². The molecule has 1 aromatic heterocycles. The smallest absolute Gasteiger partial charge is 0.338 e. The van der Waals surface area contributed by atoms with Gasteiger partial charge in [-0.15, -0.1) is 0 Å². The number of carbonyl (C=O) groups excluding carboxylic acids is 1. The molecular weight excluding hydrogens is 452 g/mol. The van der Waals surface area contributed by atoms with Crippen LogP contribution in [0.3, 0.4) is 0 Å². The molecule has 4 rings (SSSR count). The molecule has 2 heterocycles. The van der Waals surface area contributed by atoms with Gasteiger partial charge in [-0.25, -0.2) is 9.79 Å². The second-order valence-electron chi connectivity index (χ2n) is 7.80. The molecule has 0 bridgehead atoms. The molecule has 0 spiro atoms. The largest absolute Gasteiger partial charge is 0.493 e. The number of carbonyl (C=O) groups is 1. The van der Waals surface area contributed by atoms with Gasteiger partial charge in [0.15, 0.2) is 16.3 Å². The zero-order valence-corrected chi connectivity index (χ0v) is 20.6. The van der Waals surface area contributed by atoms with E-state index in [1.807, 2.05) is 43.3 Å². The second-order valence-corrected chi connectivity index (χ2v) is 8.80. The second kappa shape index (κ2) is 9.69. The highest BCUT2D eigenvalue weighted by Crippen LogP contribution is 2.32. The molecule has 0 radical (unpaired) electrons. The number of allylic oxidation sites excluding steroid dienone is 1. The number of rotatable bonds is 6. The third-order valence-electron chi connectivity index (χ3n) is 5.63. The van der Waals surface area contributed by atoms with E-state index in [9.17, 15) is 9.59 Å². The Kier molecular flexibility index (Phi) is 6.70. The van der Waals surface area contributed by atoms with Crippen molar-refractivity contribution in [3.8, 4) is 11.5 Å². The van der Waals surface area contributed by atoms with E-state index in [0.29, 0.717) is 37.7 Å². The van der Waals surface area contributed by atoms with Crippen molar-refractivity contribution in [2.45, 2.75) is 26.8 Å². The number of hydrogen-bond donors (Lipinski definition) is 0. The van der Waals surface area contributed by atoms with E-state index in [2.05, 4.69) is 4.99 Å². The summed E-state index contributed by atoms with van der Waals surface area (Å²) in [7, 11) is 3.12. The highest BCUT2D eigenvalue weighted by atomic mass is 32.1. The molecule has 1 aliphatic rings. The normalized spacial score (nSPS) is 15.6. The van der Waals surface area contributed by atoms with Crippen molar-refractivity contribution in [1.29, 1.82) is 0 Å². The van der Waals surface area contributed by atoms with E-state index in [-0.39, 0.29) is 12.2 Å². The van der Waals surface area contributed by atoms with Gasteiger partial charge in [-0.2, -0.15) is 0 Å². The summed E-state index contributed by atoms with van der Waals surface area (Å²) >= 11 is 1.27. The predicted molar refractivity (Wildman–Crippen MR) is 131 cm³/mol. The fourth-order valence-electron chi connectivity index (χ4n) is 4.02. The molecule has 1 atom stereocenters. The molecule has 7 nitrogen and oxygen atoms in total. The van der Waals surface area contributed by atoms with Crippen LogP contribution in [0.25, 0.3) is 6.08 Å². The predicted octanol–water partition coefficient (Wildman–Crippen LogP) is 3.12. The van der Waals surface area contributed by atoms with Crippen molar-refractivity contribution in [3.05, 3.63) is 90.1 Å². The summed E-state index contributed by atoms with van der Waals surface area (Å²) in [6.07, 6.45) is 1.76. The molecule has 8 heteroatoms. The Morgan fingerprint density at radius 2 is 1.85 bits per heavy atom. The van der Waals surface area contributed by atoms with Gasteiger partial charge < -0.3 is 14.2 Å². The Balaban J connectivity index is 1.97. The molecule has 0 saturated heterocycles. The Morgan fingerprint density at radius 3 is 2.50 bits per heavy atom. The first kappa shape index (κ1) is 23.5. The molecule has 1 aliphatic heterocycles. The van der Waals surface area contributed by atoms with E-state index in [1.165, 1.54) is 11.3 Å². The first-order valence-corrected chi connectivity index (χ1v) is 11.7. The summed E-state index contributed by atoms with van der Waals surface area (Å²) < 4.78 is 18.3. The van der Waals surface area contributed by atoms with Crippen molar-refractivity contribution in [1.82, 2.24) is 4.57 Å². The van der Waals surface area contributed by atoms with Gasteiger partial charge in [0.1, 0.15) is 0 Å². The Morgan fingerprint density at radius 1 is 1.12 bits per heavy atom. The summed E-state index contributed by atoms with van der Waals surface area (Å²) in [6.45, 7) is 5.75. The molecule has 0 amide bonds. The van der Waals surface area contributed by atoms with Crippen LogP contribution < -0.4 is 24.4 Å². The zero-order valence-electron chi connectivity index (χ0n) is 19.7. The fourth-order valence-corrected chi connectivity index (χ4v) is 5.06. The molecule has 0 aliphatic carbocycles. The number of para-hydroxylation sites is 1. The van der Waals surface area contributed by atoms with Crippen LogP contribution in [-0.4, -0.2) is 31.4 Å². The number of fused-ring (bicyclic) bond motifs is 1. The summed E-state index contributed by atoms with van der Waals surface area (Å²) in [5.74, 6) is 0.634. The number of methoxy groups -OCH3 is 2. The van der Waals surface area contributed by atoms with E-state index < -0.39 is 12.0 Å².